The van der Waals surface area contributed by atoms with Gasteiger partial charge in [0.1, 0.15) is 53.8 Å². The van der Waals surface area contributed by atoms with Crippen molar-refractivity contribution in [3.63, 3.8) is 0 Å². The topological polar surface area (TPSA) is 458 Å². The van der Waals surface area contributed by atoms with E-state index in [0.717, 1.165) is 24.3 Å². The molecule has 2 aromatic carbocycles. The largest absolute Gasteiger partial charge is 0.524 e. The van der Waals surface area contributed by atoms with E-state index in [1.165, 1.54) is 36.1 Å². The van der Waals surface area contributed by atoms with Gasteiger partial charge in [0, 0.05) is 32.2 Å². The lowest BCUT2D eigenvalue weighted by molar-refractivity contribution is -0.145. The summed E-state index contributed by atoms with van der Waals surface area (Å²) in [5, 5.41) is 37.1. The molecular weight excluding hydrogens is 1070 g/mol. The molecular formula is C47H67N9O20P2. The molecule has 0 aromatic heterocycles. The number of benzene rings is 2. The van der Waals surface area contributed by atoms with Crippen molar-refractivity contribution < 1.29 is 95.9 Å². The third-order valence-electron chi connectivity index (χ3n) is 12.8. The highest BCUT2D eigenvalue weighted by molar-refractivity contribution is 7.47. The number of rotatable bonds is 30. The lowest BCUT2D eigenvalue weighted by atomic mass is 9.96. The molecule has 0 saturated carbocycles. The van der Waals surface area contributed by atoms with Gasteiger partial charge in [-0.15, -0.1) is 0 Å². The summed E-state index contributed by atoms with van der Waals surface area (Å²) in [6.45, 7) is 5.16. The second-order valence-electron chi connectivity index (χ2n) is 18.8. The number of primary amides is 1. The molecule has 9 atom stereocenters. The summed E-state index contributed by atoms with van der Waals surface area (Å²) in [4.78, 5) is 172. The van der Waals surface area contributed by atoms with E-state index in [2.05, 4.69) is 46.3 Å². The fraction of sp³-hybridized carbons (Fsp3) is 0.532. The second kappa shape index (κ2) is 29.1. The van der Waals surface area contributed by atoms with Gasteiger partial charge in [-0.25, -0.2) is 9.13 Å². The van der Waals surface area contributed by atoms with Gasteiger partial charge < -0.3 is 67.1 Å². The Bertz CT molecular complexity index is 2590. The van der Waals surface area contributed by atoms with Gasteiger partial charge >= 0.3 is 27.6 Å². The number of carboxylic acids is 2. The summed E-state index contributed by atoms with van der Waals surface area (Å²) >= 11 is 0. The first-order chi connectivity index (χ1) is 36.5. The standard InChI is InChI=1S/C47H67N9O20P2/c1-4-25(2)39(46(66)56-22-6-8-36(56)45(65)50-26(3)47(67)68)55-44(64)35(24-28-11-15-30(16-12-28)76-78(72,73)74)54-42(62)33(18-20-38(58)59)52-43(63)34(23-27-9-13-29(14-10-27)75-77(69,70)71)53-41(61)32(17-19-37(48)57)51-40(60)31-7-5-21-49-31/h9-16,25-26,31-36,39,49H,4-8,17-24H2,1-3H3,(H2,48,57)(H,50,65)(H,51,60)(H,52,63)(H,53,61)(H,54,62)(H,55,64)(H,58,59)(H,67,68)(H2,69,70,71)(H2,72,73,74)/t25-,26-,31-,32-,33-,34-,35-,36-,39-/m0/s1. The van der Waals surface area contributed by atoms with E-state index < -0.39 is 155 Å². The molecule has 0 spiro atoms. The van der Waals surface area contributed by atoms with Crippen molar-refractivity contribution >= 4 is 74.8 Å². The van der Waals surface area contributed by atoms with E-state index in [4.69, 9.17) is 5.73 Å². The fourth-order valence-electron chi connectivity index (χ4n) is 8.42. The van der Waals surface area contributed by atoms with Gasteiger partial charge in [-0.2, -0.15) is 0 Å². The molecule has 29 nitrogen and oxygen atoms in total. The summed E-state index contributed by atoms with van der Waals surface area (Å²) in [6.07, 6.45) is -1.06. The summed E-state index contributed by atoms with van der Waals surface area (Å²) < 4.78 is 32.2. The number of carboxylic acid groups (broad SMARTS) is 2. The number of nitrogens with one attached hydrogen (secondary N) is 7. The van der Waals surface area contributed by atoms with E-state index in [1.54, 1.807) is 13.8 Å². The van der Waals surface area contributed by atoms with Crippen LogP contribution in [0.2, 0.25) is 0 Å². The van der Waals surface area contributed by atoms with E-state index in [0.29, 0.717) is 25.8 Å². The van der Waals surface area contributed by atoms with Crippen LogP contribution in [-0.2, 0) is 69.9 Å². The number of carbonyl (C=O) groups is 10. The molecule has 78 heavy (non-hydrogen) atoms. The molecule has 2 aliphatic heterocycles. The Morgan fingerprint density at radius 1 is 0.654 bits per heavy atom. The zero-order valence-corrected chi connectivity index (χ0v) is 44.6. The predicted molar refractivity (Wildman–Crippen MR) is 271 cm³/mol. The molecule has 0 unspecified atom stereocenters. The first-order valence-corrected chi connectivity index (χ1v) is 27.9. The van der Waals surface area contributed by atoms with Crippen LogP contribution in [-0.4, -0.2) is 155 Å². The van der Waals surface area contributed by atoms with E-state index in [9.17, 15) is 86.9 Å². The minimum absolute atomic E-state index is 0.0632. The number of nitrogens with zero attached hydrogens (tertiary/aromatic N) is 1. The number of amides is 8. The van der Waals surface area contributed by atoms with Crippen LogP contribution in [0.1, 0.15) is 89.7 Å². The Morgan fingerprint density at radius 3 is 1.58 bits per heavy atom. The average Bonchev–Trinajstić information content (AvgIpc) is 4.10. The summed E-state index contributed by atoms with van der Waals surface area (Å²) in [6, 6.07) is -1.33. The van der Waals surface area contributed by atoms with Crippen molar-refractivity contribution in [3.8, 4) is 11.5 Å². The molecule has 15 N–H and O–H groups in total. The van der Waals surface area contributed by atoms with E-state index >= 15 is 0 Å². The van der Waals surface area contributed by atoms with Crippen LogP contribution in [0.15, 0.2) is 48.5 Å². The van der Waals surface area contributed by atoms with Gasteiger partial charge in [0.2, 0.25) is 47.3 Å². The zero-order valence-electron chi connectivity index (χ0n) is 42.8. The molecule has 430 valence electrons. The Hall–Kier alpha value is -7.00. The third kappa shape index (κ3) is 20.8. The number of hydrogen-bond acceptors (Lipinski definition) is 15. The summed E-state index contributed by atoms with van der Waals surface area (Å²) in [5.41, 5.74) is 5.83. The van der Waals surface area contributed by atoms with Gasteiger partial charge in [0.15, 0.2) is 0 Å². The van der Waals surface area contributed by atoms with Crippen molar-refractivity contribution in [2.75, 3.05) is 13.1 Å². The normalized spacial score (nSPS) is 18.1. The van der Waals surface area contributed by atoms with Crippen LogP contribution in [0, 0.1) is 5.92 Å². The van der Waals surface area contributed by atoms with Crippen LogP contribution in [0.3, 0.4) is 0 Å². The Kier molecular flexibility index (Phi) is 23.7. The predicted octanol–water partition coefficient (Wildman–Crippen LogP) is -1.65. The lowest BCUT2D eigenvalue weighted by Crippen LogP contribution is -2.61. The Morgan fingerprint density at radius 2 is 1.13 bits per heavy atom. The number of likely N-dealkylation sites (tertiary alicyclic amines) is 1. The number of carbonyl (C=O) groups excluding carboxylic acids is 8. The van der Waals surface area contributed by atoms with Crippen LogP contribution < -0.4 is 52.0 Å². The first-order valence-electron chi connectivity index (χ1n) is 24.8. The lowest BCUT2D eigenvalue weighted by Gasteiger charge is -2.33. The highest BCUT2D eigenvalue weighted by atomic mass is 31.2. The molecule has 2 aromatic rings. The average molecular weight is 1140 g/mol. The van der Waals surface area contributed by atoms with Crippen molar-refractivity contribution in [3.05, 3.63) is 59.7 Å². The fourth-order valence-corrected chi connectivity index (χ4v) is 9.21. The van der Waals surface area contributed by atoms with Crippen molar-refractivity contribution in [1.82, 2.24) is 42.1 Å². The van der Waals surface area contributed by atoms with Crippen molar-refractivity contribution in [1.29, 1.82) is 0 Å². The number of phosphoric acid groups is 2. The third-order valence-corrected chi connectivity index (χ3v) is 13.7. The maximum absolute atomic E-state index is 14.6. The molecule has 0 radical (unpaired) electrons. The number of hydrogen-bond donors (Lipinski definition) is 14. The molecule has 0 bridgehead atoms. The van der Waals surface area contributed by atoms with E-state index in [-0.39, 0.29) is 54.9 Å². The highest BCUT2D eigenvalue weighted by Crippen LogP contribution is 2.38. The minimum atomic E-state index is -5.01. The molecule has 2 heterocycles. The SMILES string of the molecule is CC[C@H](C)[C@H](NC(=O)[C@H](Cc1ccc(OP(=O)(O)O)cc1)NC(=O)[C@H](CCC(=O)O)NC(=O)[C@H](Cc1ccc(OP(=O)(O)O)cc1)NC(=O)[C@H](CCC(N)=O)NC(=O)[C@@H]1CCCN1)C(=O)N1CCC[C@H]1C(=O)N[C@@H](C)C(=O)O. The minimum Gasteiger partial charge on any atom is -0.481 e. The molecule has 31 heteroatoms. The first kappa shape index (κ1) is 63.5. The van der Waals surface area contributed by atoms with Crippen LogP contribution in [0.5, 0.6) is 11.5 Å². The maximum Gasteiger partial charge on any atom is 0.524 e. The van der Waals surface area contributed by atoms with Crippen LogP contribution >= 0.6 is 15.6 Å². The van der Waals surface area contributed by atoms with Crippen molar-refractivity contribution in [2.24, 2.45) is 11.7 Å². The number of phosphoric ester groups is 2. The van der Waals surface area contributed by atoms with Crippen LogP contribution in [0.25, 0.3) is 0 Å². The monoisotopic (exact) mass is 1140 g/mol. The molecule has 8 amide bonds. The van der Waals surface area contributed by atoms with E-state index in [1.807, 2.05) is 0 Å². The quantitative estimate of drug-likeness (QED) is 0.0390. The summed E-state index contributed by atoms with van der Waals surface area (Å²) in [7, 11) is -10.0. The van der Waals surface area contributed by atoms with Gasteiger partial charge in [0.25, 0.3) is 0 Å². The van der Waals surface area contributed by atoms with Crippen LogP contribution in [0.4, 0.5) is 0 Å². The number of nitrogens with two attached hydrogens (primary N) is 1. The highest BCUT2D eigenvalue weighted by Gasteiger charge is 2.41. The van der Waals surface area contributed by atoms with Gasteiger partial charge in [-0.3, -0.25) is 67.5 Å². The smallest absolute Gasteiger partial charge is 0.481 e. The summed E-state index contributed by atoms with van der Waals surface area (Å²) in [5.74, 6) is -11.1. The Labute approximate surface area is 447 Å². The molecule has 2 saturated heterocycles. The van der Waals surface area contributed by atoms with Gasteiger partial charge in [-0.1, -0.05) is 44.5 Å². The molecule has 4 rings (SSSR count). The second-order valence-corrected chi connectivity index (χ2v) is 21.1. The van der Waals surface area contributed by atoms with Gasteiger partial charge in [-0.05, 0) is 93.3 Å². The van der Waals surface area contributed by atoms with Crippen molar-refractivity contribution in [2.45, 2.75) is 140 Å². The molecule has 0 aliphatic carbocycles. The maximum atomic E-state index is 14.6. The number of aliphatic carboxylic acids is 2. The van der Waals surface area contributed by atoms with Gasteiger partial charge in [0.05, 0.1) is 6.04 Å². The molecule has 2 fully saturated rings. The zero-order chi connectivity index (χ0) is 58.1. The molecule has 2 aliphatic rings. The Balaban J connectivity index is 1.71.